The zero-order valence-corrected chi connectivity index (χ0v) is 14.2. The van der Waals surface area contributed by atoms with Gasteiger partial charge in [-0.05, 0) is 67.3 Å². The molecule has 4 heteroatoms. The maximum atomic E-state index is 6.10. The lowest BCUT2D eigenvalue weighted by molar-refractivity contribution is 0.980. The molecule has 0 atom stereocenters. The van der Waals surface area contributed by atoms with Gasteiger partial charge in [0.05, 0.1) is 9.26 Å². The van der Waals surface area contributed by atoms with Crippen LogP contribution in [0, 0.1) is 24.3 Å². The number of aromatic nitrogens is 2. The third-order valence-corrected chi connectivity index (χ3v) is 4.87. The van der Waals surface area contributed by atoms with Gasteiger partial charge in [-0.2, -0.15) is 0 Å². The fourth-order valence-electron chi connectivity index (χ4n) is 2.75. The van der Waals surface area contributed by atoms with Crippen molar-refractivity contribution in [1.82, 2.24) is 9.97 Å². The average Bonchev–Trinajstić information content (AvgIpc) is 3.16. The first-order valence-corrected chi connectivity index (χ1v) is 7.96. The van der Waals surface area contributed by atoms with Crippen LogP contribution < -0.4 is 5.73 Å². The first kappa shape index (κ1) is 13.8. The molecule has 0 amide bonds. The van der Waals surface area contributed by atoms with Gasteiger partial charge in [0.2, 0.25) is 0 Å². The molecular formula is C16H18IN3. The summed E-state index contributed by atoms with van der Waals surface area (Å²) in [5.74, 6) is 1.97. The largest absolute Gasteiger partial charge is 0.383 e. The van der Waals surface area contributed by atoms with E-state index in [1.54, 1.807) is 0 Å². The van der Waals surface area contributed by atoms with Crippen LogP contribution in [0.25, 0.3) is 11.4 Å². The SMILES string of the molecule is Cc1cc(C)c(-c2nc(N)c(I)c(C3CC3)n2)c(C)c1. The standard InChI is InChI=1S/C16H18IN3/c1-8-6-9(2)12(10(3)7-8)16-19-14(11-4-5-11)13(17)15(18)20-16/h6-7,11H,4-5H2,1-3H3,(H2,18,19,20). The molecule has 0 unspecified atom stereocenters. The Labute approximate surface area is 133 Å². The predicted octanol–water partition coefficient (Wildman–Crippen LogP) is 4.13. The highest BCUT2D eigenvalue weighted by molar-refractivity contribution is 14.1. The summed E-state index contributed by atoms with van der Waals surface area (Å²) in [5, 5.41) is 0. The number of benzene rings is 1. The topological polar surface area (TPSA) is 51.8 Å². The first-order valence-electron chi connectivity index (χ1n) is 6.88. The van der Waals surface area contributed by atoms with Gasteiger partial charge in [0.25, 0.3) is 0 Å². The second-order valence-corrected chi connectivity index (χ2v) is 6.76. The summed E-state index contributed by atoms with van der Waals surface area (Å²) in [6, 6.07) is 4.35. The molecule has 0 aliphatic heterocycles. The van der Waals surface area contributed by atoms with Crippen LogP contribution in [0.3, 0.4) is 0 Å². The van der Waals surface area contributed by atoms with E-state index in [1.165, 1.54) is 29.5 Å². The second kappa shape index (κ2) is 4.98. The Morgan fingerprint density at radius 2 is 1.70 bits per heavy atom. The zero-order chi connectivity index (χ0) is 14.4. The molecule has 0 bridgehead atoms. The minimum Gasteiger partial charge on any atom is -0.383 e. The van der Waals surface area contributed by atoms with Crippen molar-refractivity contribution in [2.24, 2.45) is 0 Å². The minimum atomic E-state index is 0.581. The third-order valence-electron chi connectivity index (χ3n) is 3.77. The Bertz CT molecular complexity index is 667. The summed E-state index contributed by atoms with van der Waals surface area (Å²) in [6.07, 6.45) is 2.44. The Balaban J connectivity index is 2.20. The molecule has 20 heavy (non-hydrogen) atoms. The van der Waals surface area contributed by atoms with Crippen molar-refractivity contribution in [2.45, 2.75) is 39.5 Å². The number of nitrogens with zero attached hydrogens (tertiary/aromatic N) is 2. The van der Waals surface area contributed by atoms with Crippen LogP contribution in [0.15, 0.2) is 12.1 Å². The Kier molecular flexibility index (Phi) is 3.44. The molecule has 0 saturated heterocycles. The molecule has 0 radical (unpaired) electrons. The molecule has 1 aromatic heterocycles. The molecule has 1 heterocycles. The molecule has 1 aliphatic carbocycles. The van der Waals surface area contributed by atoms with Gasteiger partial charge >= 0.3 is 0 Å². The number of nitrogens with two attached hydrogens (primary N) is 1. The summed E-state index contributed by atoms with van der Waals surface area (Å²) >= 11 is 2.27. The lowest BCUT2D eigenvalue weighted by Gasteiger charge is -2.13. The van der Waals surface area contributed by atoms with E-state index in [1.807, 2.05) is 0 Å². The van der Waals surface area contributed by atoms with Crippen molar-refractivity contribution in [3.05, 3.63) is 38.1 Å². The molecule has 2 aromatic rings. The minimum absolute atomic E-state index is 0.581. The van der Waals surface area contributed by atoms with Crippen molar-refractivity contribution < 1.29 is 0 Å². The summed E-state index contributed by atoms with van der Waals surface area (Å²) in [6.45, 7) is 6.34. The Morgan fingerprint density at radius 3 is 2.25 bits per heavy atom. The number of aryl methyl sites for hydroxylation is 3. The van der Waals surface area contributed by atoms with Crippen molar-refractivity contribution in [1.29, 1.82) is 0 Å². The molecule has 1 saturated carbocycles. The average molecular weight is 379 g/mol. The highest BCUT2D eigenvalue weighted by atomic mass is 127. The van der Waals surface area contributed by atoms with Crippen LogP contribution in [-0.2, 0) is 0 Å². The number of anilines is 1. The molecule has 1 aromatic carbocycles. The van der Waals surface area contributed by atoms with Crippen LogP contribution in [0.4, 0.5) is 5.82 Å². The van der Waals surface area contributed by atoms with E-state index in [9.17, 15) is 0 Å². The van der Waals surface area contributed by atoms with E-state index in [-0.39, 0.29) is 0 Å². The zero-order valence-electron chi connectivity index (χ0n) is 12.0. The molecule has 3 rings (SSSR count). The predicted molar refractivity (Wildman–Crippen MR) is 90.8 cm³/mol. The van der Waals surface area contributed by atoms with E-state index in [2.05, 4.69) is 60.5 Å². The number of hydrogen-bond acceptors (Lipinski definition) is 3. The van der Waals surface area contributed by atoms with Crippen molar-refractivity contribution in [2.75, 3.05) is 5.73 Å². The van der Waals surface area contributed by atoms with Gasteiger partial charge in [-0.25, -0.2) is 9.97 Å². The molecule has 0 spiro atoms. The first-order chi connectivity index (χ1) is 9.47. The number of rotatable bonds is 2. The van der Waals surface area contributed by atoms with Gasteiger partial charge in [-0.1, -0.05) is 17.7 Å². The van der Waals surface area contributed by atoms with Gasteiger partial charge in [0.15, 0.2) is 5.82 Å². The monoisotopic (exact) mass is 379 g/mol. The van der Waals surface area contributed by atoms with Crippen LogP contribution in [0.1, 0.15) is 41.1 Å². The van der Waals surface area contributed by atoms with E-state index < -0.39 is 0 Å². The lowest BCUT2D eigenvalue weighted by Crippen LogP contribution is -2.05. The van der Waals surface area contributed by atoms with Gasteiger partial charge in [0, 0.05) is 11.5 Å². The highest BCUT2D eigenvalue weighted by Gasteiger charge is 2.29. The summed E-state index contributed by atoms with van der Waals surface area (Å²) in [5.41, 5.74) is 12.0. The molecular weight excluding hydrogens is 361 g/mol. The maximum Gasteiger partial charge on any atom is 0.162 e. The number of halogens is 1. The molecule has 104 valence electrons. The fourth-order valence-corrected chi connectivity index (χ4v) is 3.44. The summed E-state index contributed by atoms with van der Waals surface area (Å²) < 4.78 is 1.02. The van der Waals surface area contributed by atoms with Gasteiger partial charge < -0.3 is 5.73 Å². The molecule has 1 aliphatic rings. The quantitative estimate of drug-likeness (QED) is 0.799. The molecule has 3 nitrogen and oxygen atoms in total. The van der Waals surface area contributed by atoms with Crippen LogP contribution in [0.5, 0.6) is 0 Å². The van der Waals surface area contributed by atoms with Crippen molar-refractivity contribution >= 4 is 28.4 Å². The van der Waals surface area contributed by atoms with Crippen LogP contribution in [-0.4, -0.2) is 9.97 Å². The van der Waals surface area contributed by atoms with Gasteiger partial charge in [-0.15, -0.1) is 0 Å². The van der Waals surface area contributed by atoms with E-state index in [0.29, 0.717) is 11.7 Å². The summed E-state index contributed by atoms with van der Waals surface area (Å²) in [4.78, 5) is 9.34. The Hall–Kier alpha value is -1.17. The maximum absolute atomic E-state index is 6.10. The normalized spacial score (nSPS) is 14.6. The van der Waals surface area contributed by atoms with Gasteiger partial charge in [0.1, 0.15) is 5.82 Å². The number of nitrogen functional groups attached to an aromatic ring is 1. The highest BCUT2D eigenvalue weighted by Crippen LogP contribution is 2.42. The van der Waals surface area contributed by atoms with Crippen molar-refractivity contribution in [3.8, 4) is 11.4 Å². The lowest BCUT2D eigenvalue weighted by atomic mass is 9.99. The van der Waals surface area contributed by atoms with Gasteiger partial charge in [-0.3, -0.25) is 0 Å². The number of hydrogen-bond donors (Lipinski definition) is 1. The van der Waals surface area contributed by atoms with E-state index >= 15 is 0 Å². The van der Waals surface area contributed by atoms with E-state index in [0.717, 1.165) is 20.7 Å². The molecule has 1 fully saturated rings. The smallest absolute Gasteiger partial charge is 0.162 e. The molecule has 2 N–H and O–H groups in total. The van der Waals surface area contributed by atoms with Crippen molar-refractivity contribution in [3.63, 3.8) is 0 Å². The van der Waals surface area contributed by atoms with E-state index in [4.69, 9.17) is 10.7 Å². The Morgan fingerprint density at radius 1 is 1.10 bits per heavy atom. The van der Waals surface area contributed by atoms with Crippen LogP contribution >= 0.6 is 22.6 Å². The summed E-state index contributed by atoms with van der Waals surface area (Å²) in [7, 11) is 0. The fraction of sp³-hybridized carbons (Fsp3) is 0.375. The van der Waals surface area contributed by atoms with Crippen LogP contribution in [0.2, 0.25) is 0 Å². The third kappa shape index (κ3) is 2.41. The second-order valence-electron chi connectivity index (χ2n) is 5.68.